The standard InChI is InChI=1S/C14H16OSi.C12H10Cl2Si.C9H14OSi.C7H8Cl2Si.C4H12OSi.C2H6Cl2Si/c1-15-16(2,13-9-5-3-6-10-13)14-11-7-4-8-12-14;13-15(14,11-7-3-1-4-8-11)12-9-5-2-6-10-12;1-10-11(2,3)9-7-5-4-6-8-9;1-10(8,9)7-5-3-2-4-6-7;1-5-6(2,3)4;1-5(2,3)4/h3-12H,1-2H3;1-10H;4-8H,1-3H3;2-6H,1H3;1-4H3;1-2H3. The first-order chi connectivity index (χ1) is 29.3. The van der Waals surface area contributed by atoms with E-state index >= 15 is 0 Å². The maximum atomic E-state index is 6.49. The largest absolute Gasteiger partial charge is 0.421 e. The molecule has 0 aliphatic carbocycles. The van der Waals surface area contributed by atoms with Crippen LogP contribution in [0.2, 0.25) is 58.9 Å². The zero-order valence-corrected chi connectivity index (χ0v) is 49.3. The lowest BCUT2D eigenvalue weighted by atomic mass is 10.4. The fraction of sp³-hybridized carbons (Fsp3) is 0.250. The monoisotopic (exact) mass is 1070 g/mol. The molecule has 0 spiro atoms. The first-order valence-electron chi connectivity index (χ1n) is 20.4. The Morgan fingerprint density at radius 3 is 0.714 bits per heavy atom. The van der Waals surface area contributed by atoms with Crippen molar-refractivity contribution in [2.24, 2.45) is 0 Å². The van der Waals surface area contributed by atoms with E-state index in [1.807, 2.05) is 136 Å². The zero-order valence-electron chi connectivity index (χ0n) is 38.8. The third-order valence-electron chi connectivity index (χ3n) is 9.20. The van der Waals surface area contributed by atoms with E-state index in [2.05, 4.69) is 112 Å². The molecule has 3 nitrogen and oxygen atoms in total. The van der Waals surface area contributed by atoms with Gasteiger partial charge in [0, 0.05) is 21.3 Å². The van der Waals surface area contributed by atoms with Crippen LogP contribution in [0, 0.1) is 0 Å². The minimum Gasteiger partial charge on any atom is -0.421 e. The molecule has 0 aliphatic rings. The molecule has 0 saturated carbocycles. The first-order valence-corrected chi connectivity index (χ1v) is 42.7. The van der Waals surface area contributed by atoms with Gasteiger partial charge < -0.3 is 13.3 Å². The smallest absolute Gasteiger partial charge is 0.310 e. The molecule has 0 amide bonds. The van der Waals surface area contributed by atoms with Crippen LogP contribution >= 0.6 is 66.5 Å². The van der Waals surface area contributed by atoms with Crippen molar-refractivity contribution in [3.05, 3.63) is 182 Å². The number of hydrogen-bond donors (Lipinski definition) is 0. The fourth-order valence-corrected chi connectivity index (χ4v) is 13.4. The maximum absolute atomic E-state index is 6.49. The van der Waals surface area contributed by atoms with Gasteiger partial charge in [0.15, 0.2) is 8.32 Å². The molecule has 0 N–H and O–H groups in total. The van der Waals surface area contributed by atoms with Crippen molar-refractivity contribution in [3.63, 3.8) is 0 Å². The first kappa shape index (κ1) is 59.3. The lowest BCUT2D eigenvalue weighted by Gasteiger charge is -2.26. The van der Waals surface area contributed by atoms with Crippen LogP contribution < -0.4 is 31.1 Å². The van der Waals surface area contributed by atoms with Gasteiger partial charge in [-0.15, -0.1) is 66.5 Å². The van der Waals surface area contributed by atoms with Gasteiger partial charge in [-0.1, -0.05) is 182 Å². The van der Waals surface area contributed by atoms with Gasteiger partial charge in [0.25, 0.3) is 15.0 Å². The van der Waals surface area contributed by atoms with Gasteiger partial charge in [0.05, 0.1) is 0 Å². The molecule has 6 aromatic carbocycles. The summed E-state index contributed by atoms with van der Waals surface area (Å²) in [5.41, 5.74) is 0. The van der Waals surface area contributed by atoms with Crippen molar-refractivity contribution in [1.29, 1.82) is 0 Å². The average Bonchev–Trinajstić information content (AvgIpc) is 3.28. The average molecular weight is 1070 g/mol. The van der Waals surface area contributed by atoms with Crippen molar-refractivity contribution in [3.8, 4) is 0 Å². The Bertz CT molecular complexity index is 1970. The normalized spacial score (nSPS) is 11.5. The highest BCUT2D eigenvalue weighted by atomic mass is 35.7. The fourth-order valence-electron chi connectivity index (χ4n) is 5.06. The van der Waals surface area contributed by atoms with Crippen LogP contribution in [-0.2, 0) is 13.3 Å². The molecule has 6 aromatic rings. The summed E-state index contributed by atoms with van der Waals surface area (Å²) in [5.74, 6) is 0. The van der Waals surface area contributed by atoms with Crippen LogP contribution in [0.1, 0.15) is 0 Å². The molecule has 63 heavy (non-hydrogen) atoms. The summed E-state index contributed by atoms with van der Waals surface area (Å²) in [7, 11) is 0.713. The third kappa shape index (κ3) is 24.5. The summed E-state index contributed by atoms with van der Waals surface area (Å²) >= 11 is 35.8. The summed E-state index contributed by atoms with van der Waals surface area (Å²) in [6, 6.07) is 60.9. The van der Waals surface area contributed by atoms with Gasteiger partial charge in [0.1, 0.15) is 0 Å². The Labute approximate surface area is 414 Å². The third-order valence-corrected chi connectivity index (χ3v) is 24.3. The van der Waals surface area contributed by atoms with E-state index in [1.54, 1.807) is 14.2 Å². The number of halogens is 6. The summed E-state index contributed by atoms with van der Waals surface area (Å²) in [6.07, 6.45) is 0. The van der Waals surface area contributed by atoms with Gasteiger partial charge >= 0.3 is 6.69 Å². The van der Waals surface area contributed by atoms with E-state index < -0.39 is 45.0 Å². The van der Waals surface area contributed by atoms with Crippen LogP contribution in [0.3, 0.4) is 0 Å². The molecule has 0 radical (unpaired) electrons. The lowest BCUT2D eigenvalue weighted by molar-refractivity contribution is 0.411. The minimum atomic E-state index is -2.51. The van der Waals surface area contributed by atoms with Gasteiger partial charge in [-0.25, -0.2) is 0 Å². The van der Waals surface area contributed by atoms with Crippen LogP contribution in [-0.4, -0.2) is 66.4 Å². The Kier molecular flexibility index (Phi) is 27.4. The van der Waals surface area contributed by atoms with Crippen molar-refractivity contribution >= 4 is 143 Å². The second kappa shape index (κ2) is 29.1. The SMILES string of the molecule is CO[Si](C)(C)C.CO[Si](C)(C)c1ccccc1.CO[Si](C)(c1ccccc1)c1ccccc1.C[Si](C)(Cl)Cl.C[Si](Cl)(Cl)c1ccccc1.Cl[Si](Cl)(c1ccccc1)c1ccccc1. The highest BCUT2D eigenvalue weighted by Crippen LogP contribution is 2.15. The second-order valence-corrected chi connectivity index (χ2v) is 51.2. The van der Waals surface area contributed by atoms with E-state index in [9.17, 15) is 0 Å². The summed E-state index contributed by atoms with van der Waals surface area (Å²) < 4.78 is 16.4. The summed E-state index contributed by atoms with van der Waals surface area (Å²) in [6.45, 7) is 12.4. The van der Waals surface area contributed by atoms with Gasteiger partial charge in [0.2, 0.25) is 15.0 Å². The molecule has 0 saturated heterocycles. The molecule has 0 heterocycles. The topological polar surface area (TPSA) is 27.7 Å². The molecular formula is C48H66Cl6O3Si6. The van der Waals surface area contributed by atoms with Crippen molar-refractivity contribution in [2.75, 3.05) is 21.3 Å². The van der Waals surface area contributed by atoms with Crippen molar-refractivity contribution < 1.29 is 13.3 Å². The quantitative estimate of drug-likeness (QED) is 0.107. The Balaban J connectivity index is 0.000000394. The molecule has 0 unspecified atom stereocenters. The minimum absolute atomic E-state index is 1.03. The van der Waals surface area contributed by atoms with E-state index in [-0.39, 0.29) is 0 Å². The van der Waals surface area contributed by atoms with Crippen molar-refractivity contribution in [2.45, 2.75) is 58.9 Å². The highest BCUT2D eigenvalue weighted by molar-refractivity contribution is 7.56. The van der Waals surface area contributed by atoms with Gasteiger partial charge in [-0.3, -0.25) is 0 Å². The maximum Gasteiger partial charge on any atom is 0.310 e. The Morgan fingerprint density at radius 1 is 0.302 bits per heavy atom. The highest BCUT2D eigenvalue weighted by Gasteiger charge is 2.33. The molecule has 0 atom stereocenters. The van der Waals surface area contributed by atoms with Gasteiger partial charge in [-0.2, -0.15) is 0 Å². The number of rotatable bonds is 9. The zero-order chi connectivity index (χ0) is 47.8. The Hall–Kier alpha value is -1.76. The second-order valence-electron chi connectivity index (χ2n) is 16.3. The van der Waals surface area contributed by atoms with E-state index in [0.29, 0.717) is 0 Å². The molecule has 0 aliphatic heterocycles. The molecule has 6 rings (SSSR count). The van der Waals surface area contributed by atoms with Crippen LogP contribution in [0.15, 0.2) is 182 Å². The molecular weight excluding hydrogens is 1010 g/mol. The van der Waals surface area contributed by atoms with Crippen LogP contribution in [0.5, 0.6) is 0 Å². The summed E-state index contributed by atoms with van der Waals surface area (Å²) in [5, 5.41) is 7.09. The van der Waals surface area contributed by atoms with Crippen LogP contribution in [0.25, 0.3) is 0 Å². The molecule has 0 aromatic heterocycles. The van der Waals surface area contributed by atoms with Gasteiger partial charge in [-0.05, 0) is 90.0 Å². The number of hydrogen-bond acceptors (Lipinski definition) is 3. The molecule has 342 valence electrons. The van der Waals surface area contributed by atoms with Crippen LogP contribution in [0.4, 0.5) is 0 Å². The predicted molar refractivity (Wildman–Crippen MR) is 300 cm³/mol. The Morgan fingerprint density at radius 2 is 0.524 bits per heavy atom. The number of benzene rings is 6. The molecule has 0 fully saturated rings. The predicted octanol–water partition coefficient (Wildman–Crippen LogP) is 12.6. The molecule has 15 heteroatoms. The molecule has 0 bridgehead atoms. The van der Waals surface area contributed by atoms with Crippen molar-refractivity contribution in [1.82, 2.24) is 0 Å². The summed E-state index contributed by atoms with van der Waals surface area (Å²) in [4.78, 5) is 0. The van der Waals surface area contributed by atoms with E-state index in [4.69, 9.17) is 79.8 Å². The van der Waals surface area contributed by atoms with E-state index in [1.165, 1.54) is 15.6 Å². The van der Waals surface area contributed by atoms with E-state index in [0.717, 1.165) is 15.6 Å². The lowest BCUT2D eigenvalue weighted by Crippen LogP contribution is -2.57.